The Bertz CT molecular complexity index is 402. The third-order valence-electron chi connectivity index (χ3n) is 4.18. The molecule has 0 fully saturated rings. The standard InChI is InChI=1S/C18H37NO3S/c1-4-5-6-7-8-9-10-11-12-13-16-19(2,3)17-14-15-18-23(20,21)22/h14-15H,4-13,16-18H2,1-3H3. The van der Waals surface area contributed by atoms with Crippen LogP contribution in [0.3, 0.4) is 0 Å². The summed E-state index contributed by atoms with van der Waals surface area (Å²) in [6.45, 7) is 4.11. The van der Waals surface area contributed by atoms with E-state index in [9.17, 15) is 13.0 Å². The largest absolute Gasteiger partial charge is 0.748 e. The molecule has 0 N–H and O–H groups in total. The summed E-state index contributed by atoms with van der Waals surface area (Å²) in [6, 6.07) is 0. The number of quaternary nitrogens is 1. The summed E-state index contributed by atoms with van der Waals surface area (Å²) < 4.78 is 32.4. The topological polar surface area (TPSA) is 57.2 Å². The van der Waals surface area contributed by atoms with Gasteiger partial charge >= 0.3 is 0 Å². The van der Waals surface area contributed by atoms with Crippen molar-refractivity contribution >= 4 is 10.1 Å². The second-order valence-corrected chi connectivity index (χ2v) is 8.67. The van der Waals surface area contributed by atoms with Crippen LogP contribution < -0.4 is 0 Å². The highest BCUT2D eigenvalue weighted by Crippen LogP contribution is 2.11. The van der Waals surface area contributed by atoms with Crippen LogP contribution in [0.15, 0.2) is 12.2 Å². The van der Waals surface area contributed by atoms with Gasteiger partial charge in [0.2, 0.25) is 0 Å². The quantitative estimate of drug-likeness (QED) is 0.194. The van der Waals surface area contributed by atoms with E-state index in [0.29, 0.717) is 0 Å². The van der Waals surface area contributed by atoms with Crippen molar-refractivity contribution in [1.29, 1.82) is 0 Å². The summed E-state index contributed by atoms with van der Waals surface area (Å²) in [6.07, 6.45) is 16.7. The average Bonchev–Trinajstić information content (AvgIpc) is 2.45. The molecule has 4 nitrogen and oxygen atoms in total. The van der Waals surface area contributed by atoms with Gasteiger partial charge in [0.1, 0.15) is 0 Å². The fourth-order valence-corrected chi connectivity index (χ4v) is 3.04. The highest BCUT2D eigenvalue weighted by atomic mass is 32.2. The Labute approximate surface area is 144 Å². The van der Waals surface area contributed by atoms with Crippen LogP contribution in [0.1, 0.15) is 71.1 Å². The van der Waals surface area contributed by atoms with E-state index in [2.05, 4.69) is 21.0 Å². The van der Waals surface area contributed by atoms with Crippen LogP contribution in [-0.2, 0) is 10.1 Å². The van der Waals surface area contributed by atoms with Crippen molar-refractivity contribution in [2.75, 3.05) is 32.9 Å². The van der Waals surface area contributed by atoms with Crippen molar-refractivity contribution in [2.45, 2.75) is 71.1 Å². The highest BCUT2D eigenvalue weighted by Gasteiger charge is 2.11. The maximum Gasteiger partial charge on any atom is 0.0982 e. The minimum atomic E-state index is -4.12. The Morgan fingerprint density at radius 1 is 0.826 bits per heavy atom. The van der Waals surface area contributed by atoms with Crippen LogP contribution in [0.25, 0.3) is 0 Å². The fraction of sp³-hybridized carbons (Fsp3) is 0.889. The summed E-state index contributed by atoms with van der Waals surface area (Å²) in [5.74, 6) is -0.398. The summed E-state index contributed by atoms with van der Waals surface area (Å²) in [5, 5.41) is 0. The predicted octanol–water partition coefficient (Wildman–Crippen LogP) is 4.09. The van der Waals surface area contributed by atoms with Gasteiger partial charge in [0.05, 0.1) is 43.1 Å². The minimum Gasteiger partial charge on any atom is -0.748 e. The molecule has 0 radical (unpaired) electrons. The van der Waals surface area contributed by atoms with E-state index in [4.69, 9.17) is 0 Å². The summed E-state index contributed by atoms with van der Waals surface area (Å²) >= 11 is 0. The van der Waals surface area contributed by atoms with Gasteiger partial charge in [0.15, 0.2) is 0 Å². The lowest BCUT2D eigenvalue weighted by molar-refractivity contribution is -0.884. The molecule has 0 rings (SSSR count). The third-order valence-corrected chi connectivity index (χ3v) is 4.78. The van der Waals surface area contributed by atoms with Gasteiger partial charge in [-0.15, -0.1) is 0 Å². The molecular formula is C18H37NO3S. The van der Waals surface area contributed by atoms with Crippen LogP contribution >= 0.6 is 0 Å². The molecule has 0 saturated heterocycles. The molecule has 0 aliphatic rings. The SMILES string of the molecule is CCCCCCCCCCCC[N+](C)(C)CC=CCS(=O)(=O)[O-]. The van der Waals surface area contributed by atoms with Gasteiger partial charge in [-0.3, -0.25) is 0 Å². The molecule has 0 aromatic heterocycles. The molecule has 0 aromatic carbocycles. The lowest BCUT2D eigenvalue weighted by Gasteiger charge is -2.28. The number of unbranched alkanes of at least 4 members (excludes halogenated alkanes) is 9. The number of rotatable bonds is 15. The lowest BCUT2D eigenvalue weighted by Crippen LogP contribution is -2.40. The van der Waals surface area contributed by atoms with Crippen LogP contribution in [0.2, 0.25) is 0 Å². The van der Waals surface area contributed by atoms with E-state index in [1.165, 1.54) is 70.3 Å². The van der Waals surface area contributed by atoms with Crippen molar-refractivity contribution < 1.29 is 17.5 Å². The Hall–Kier alpha value is -0.390. The number of hydrogen-bond acceptors (Lipinski definition) is 3. The van der Waals surface area contributed by atoms with Crippen molar-refractivity contribution in [3.63, 3.8) is 0 Å². The molecule has 0 aromatic rings. The average molecular weight is 348 g/mol. The zero-order valence-electron chi connectivity index (χ0n) is 15.4. The third kappa shape index (κ3) is 17.8. The van der Waals surface area contributed by atoms with E-state index in [-0.39, 0.29) is 0 Å². The van der Waals surface area contributed by atoms with Crippen LogP contribution in [-0.4, -0.2) is 50.4 Å². The molecule has 0 unspecified atom stereocenters. The first-order chi connectivity index (χ1) is 10.8. The van der Waals surface area contributed by atoms with Gasteiger partial charge in [-0.05, 0) is 18.9 Å². The maximum atomic E-state index is 10.5. The number of hydrogen-bond donors (Lipinski definition) is 0. The van der Waals surface area contributed by atoms with E-state index in [1.54, 1.807) is 0 Å². The van der Waals surface area contributed by atoms with Crippen molar-refractivity contribution in [3.05, 3.63) is 12.2 Å². The molecule has 0 aliphatic heterocycles. The van der Waals surface area contributed by atoms with Crippen molar-refractivity contribution in [1.82, 2.24) is 0 Å². The molecule has 0 aliphatic carbocycles. The first-order valence-corrected chi connectivity index (χ1v) is 10.7. The van der Waals surface area contributed by atoms with Gasteiger partial charge in [-0.1, -0.05) is 64.4 Å². The summed E-state index contributed by atoms with van der Waals surface area (Å²) in [5.41, 5.74) is 0. The van der Waals surface area contributed by atoms with Crippen LogP contribution in [0.4, 0.5) is 0 Å². The van der Waals surface area contributed by atoms with E-state index in [0.717, 1.165) is 17.6 Å². The Kier molecular flexibility index (Phi) is 12.7. The molecular weight excluding hydrogens is 310 g/mol. The van der Waals surface area contributed by atoms with E-state index in [1.807, 2.05) is 6.08 Å². The number of nitrogens with zero attached hydrogens (tertiary/aromatic N) is 1. The van der Waals surface area contributed by atoms with Crippen molar-refractivity contribution in [3.8, 4) is 0 Å². The van der Waals surface area contributed by atoms with Crippen LogP contribution in [0.5, 0.6) is 0 Å². The molecule has 23 heavy (non-hydrogen) atoms. The monoisotopic (exact) mass is 347 g/mol. The van der Waals surface area contributed by atoms with Gasteiger partial charge < -0.3 is 9.04 Å². The van der Waals surface area contributed by atoms with Gasteiger partial charge in [-0.2, -0.15) is 0 Å². The molecule has 5 heteroatoms. The second kappa shape index (κ2) is 13.0. The maximum absolute atomic E-state index is 10.5. The Morgan fingerprint density at radius 2 is 1.30 bits per heavy atom. The van der Waals surface area contributed by atoms with E-state index >= 15 is 0 Å². The fourth-order valence-electron chi connectivity index (χ4n) is 2.66. The lowest BCUT2D eigenvalue weighted by atomic mass is 10.1. The molecule has 0 spiro atoms. The highest BCUT2D eigenvalue weighted by molar-refractivity contribution is 7.85. The van der Waals surface area contributed by atoms with Gasteiger partial charge in [0.25, 0.3) is 0 Å². The molecule has 0 bridgehead atoms. The summed E-state index contributed by atoms with van der Waals surface area (Å²) in [4.78, 5) is 0. The van der Waals surface area contributed by atoms with Crippen LogP contribution in [0, 0.1) is 0 Å². The zero-order valence-corrected chi connectivity index (χ0v) is 16.2. The Balaban J connectivity index is 3.55. The molecule has 138 valence electrons. The minimum absolute atomic E-state index is 0.398. The van der Waals surface area contributed by atoms with Gasteiger partial charge in [-0.25, -0.2) is 8.42 Å². The smallest absolute Gasteiger partial charge is 0.0982 e. The Morgan fingerprint density at radius 3 is 1.78 bits per heavy atom. The van der Waals surface area contributed by atoms with E-state index < -0.39 is 15.9 Å². The molecule has 0 saturated carbocycles. The molecule has 0 atom stereocenters. The number of likely N-dealkylation sites (N-methyl/N-ethyl adjacent to an activating group) is 1. The second-order valence-electron chi connectivity index (χ2n) is 7.22. The first-order valence-electron chi connectivity index (χ1n) is 9.17. The first kappa shape index (κ1) is 22.6. The summed E-state index contributed by atoms with van der Waals surface area (Å²) in [7, 11) is 0.162. The zero-order chi connectivity index (χ0) is 17.6. The normalized spacial score (nSPS) is 13.0. The van der Waals surface area contributed by atoms with Gasteiger partial charge in [0, 0.05) is 0 Å². The van der Waals surface area contributed by atoms with Crippen molar-refractivity contribution in [2.24, 2.45) is 0 Å². The molecule has 0 heterocycles. The molecule has 0 amide bonds. The predicted molar refractivity (Wildman–Crippen MR) is 97.4 cm³/mol.